The average molecular weight is 422 g/mol. The Morgan fingerprint density at radius 1 is 0.968 bits per heavy atom. The number of amides is 1. The summed E-state index contributed by atoms with van der Waals surface area (Å²) < 4.78 is 5.27. The van der Waals surface area contributed by atoms with E-state index in [9.17, 15) is 4.79 Å². The number of benzene rings is 1. The second-order valence-electron chi connectivity index (χ2n) is 9.24. The van der Waals surface area contributed by atoms with E-state index in [1.54, 1.807) is 13.3 Å². The van der Waals surface area contributed by atoms with Crippen molar-refractivity contribution < 1.29 is 9.53 Å². The summed E-state index contributed by atoms with van der Waals surface area (Å²) in [6, 6.07) is 7.90. The number of rotatable bonds is 7. The Kier molecular flexibility index (Phi) is 7.55. The molecule has 0 unspecified atom stereocenters. The lowest BCUT2D eigenvalue weighted by Gasteiger charge is -2.23. The standard InChI is InChI=1S/C26H35N3O2/c1-31-22-14-12-21(13-15-22)24-18-27-26(23(28-24)16-19-8-4-2-5-9-19)29-25(30)17-20-10-6-3-7-11-20/h12-15,18-20H,2-11,16-17H2,1H3,(H,27,29,30). The summed E-state index contributed by atoms with van der Waals surface area (Å²) in [7, 11) is 1.67. The molecule has 0 saturated heterocycles. The van der Waals surface area contributed by atoms with Gasteiger partial charge < -0.3 is 10.1 Å². The summed E-state index contributed by atoms with van der Waals surface area (Å²) in [5, 5.41) is 3.11. The van der Waals surface area contributed by atoms with E-state index in [1.807, 2.05) is 24.3 Å². The van der Waals surface area contributed by atoms with E-state index in [4.69, 9.17) is 9.72 Å². The number of nitrogens with zero attached hydrogens (tertiary/aromatic N) is 2. The summed E-state index contributed by atoms with van der Waals surface area (Å²) in [6.07, 6.45) is 15.8. The first-order valence-corrected chi connectivity index (χ1v) is 12.0. The Hall–Kier alpha value is -2.43. The Morgan fingerprint density at radius 2 is 1.61 bits per heavy atom. The van der Waals surface area contributed by atoms with Crippen LogP contribution in [0.4, 0.5) is 5.82 Å². The van der Waals surface area contributed by atoms with Crippen LogP contribution in [0.15, 0.2) is 30.5 Å². The molecule has 1 heterocycles. The van der Waals surface area contributed by atoms with Crippen LogP contribution in [0.25, 0.3) is 11.3 Å². The monoisotopic (exact) mass is 421 g/mol. The van der Waals surface area contributed by atoms with Crippen LogP contribution in [0.1, 0.15) is 76.3 Å². The maximum Gasteiger partial charge on any atom is 0.225 e. The summed E-state index contributed by atoms with van der Waals surface area (Å²) in [5.41, 5.74) is 2.79. The van der Waals surface area contributed by atoms with Crippen molar-refractivity contribution in [1.82, 2.24) is 9.97 Å². The molecule has 2 saturated carbocycles. The van der Waals surface area contributed by atoms with Crippen molar-refractivity contribution in [1.29, 1.82) is 0 Å². The number of carbonyl (C=O) groups excluding carboxylic acids is 1. The maximum atomic E-state index is 12.8. The minimum absolute atomic E-state index is 0.0864. The molecule has 2 fully saturated rings. The summed E-state index contributed by atoms with van der Waals surface area (Å²) in [6.45, 7) is 0. The maximum absolute atomic E-state index is 12.8. The van der Waals surface area contributed by atoms with Crippen LogP contribution in [0.3, 0.4) is 0 Å². The summed E-state index contributed by atoms with van der Waals surface area (Å²) >= 11 is 0. The highest BCUT2D eigenvalue weighted by Gasteiger charge is 2.21. The molecule has 0 radical (unpaired) electrons. The third-order valence-electron chi connectivity index (χ3n) is 6.89. The predicted octanol–water partition coefficient (Wildman–Crippen LogP) is 6.18. The lowest BCUT2D eigenvalue weighted by atomic mass is 9.86. The topological polar surface area (TPSA) is 64.1 Å². The lowest BCUT2D eigenvalue weighted by Crippen LogP contribution is -2.21. The third kappa shape index (κ3) is 6.05. The second-order valence-corrected chi connectivity index (χ2v) is 9.24. The molecule has 2 aromatic rings. The van der Waals surface area contributed by atoms with Crippen molar-refractivity contribution in [3.8, 4) is 17.0 Å². The molecule has 4 rings (SSSR count). The van der Waals surface area contributed by atoms with Gasteiger partial charge in [0.05, 0.1) is 24.7 Å². The molecule has 0 spiro atoms. The van der Waals surface area contributed by atoms with E-state index in [0.29, 0.717) is 24.1 Å². The zero-order valence-corrected chi connectivity index (χ0v) is 18.7. The SMILES string of the molecule is COc1ccc(-c2cnc(NC(=O)CC3CCCCC3)c(CC3CCCCC3)n2)cc1. The number of methoxy groups -OCH3 is 1. The molecule has 1 N–H and O–H groups in total. The molecule has 2 aliphatic rings. The molecule has 1 aromatic heterocycles. The highest BCUT2D eigenvalue weighted by molar-refractivity contribution is 5.90. The predicted molar refractivity (Wildman–Crippen MR) is 124 cm³/mol. The summed E-state index contributed by atoms with van der Waals surface area (Å²) in [4.78, 5) is 22.4. The molecular weight excluding hydrogens is 386 g/mol. The molecule has 1 amide bonds. The molecular formula is C26H35N3O2. The van der Waals surface area contributed by atoms with Crippen LogP contribution in [0.2, 0.25) is 0 Å². The number of nitrogens with one attached hydrogen (secondary N) is 1. The van der Waals surface area contributed by atoms with Crippen molar-refractivity contribution in [2.45, 2.75) is 77.0 Å². The second kappa shape index (κ2) is 10.7. The van der Waals surface area contributed by atoms with Gasteiger partial charge in [0, 0.05) is 12.0 Å². The number of carbonyl (C=O) groups is 1. The first-order valence-electron chi connectivity index (χ1n) is 12.0. The Labute approximate surface area is 186 Å². The van der Waals surface area contributed by atoms with Crippen molar-refractivity contribution in [2.24, 2.45) is 11.8 Å². The zero-order chi connectivity index (χ0) is 21.5. The first-order chi connectivity index (χ1) is 15.2. The van der Waals surface area contributed by atoms with Gasteiger partial charge in [-0.15, -0.1) is 0 Å². The van der Waals surface area contributed by atoms with E-state index in [-0.39, 0.29) is 5.91 Å². The fourth-order valence-corrected chi connectivity index (χ4v) is 5.08. The van der Waals surface area contributed by atoms with Gasteiger partial charge in [-0.2, -0.15) is 0 Å². The Bertz CT molecular complexity index is 853. The Morgan fingerprint density at radius 3 is 2.26 bits per heavy atom. The molecule has 0 aliphatic heterocycles. The van der Waals surface area contributed by atoms with Crippen LogP contribution in [-0.4, -0.2) is 23.0 Å². The van der Waals surface area contributed by atoms with E-state index in [2.05, 4.69) is 10.3 Å². The smallest absolute Gasteiger partial charge is 0.225 e. The number of aromatic nitrogens is 2. The highest BCUT2D eigenvalue weighted by Crippen LogP contribution is 2.30. The minimum Gasteiger partial charge on any atom is -0.497 e. The van der Waals surface area contributed by atoms with Crippen molar-refractivity contribution >= 4 is 11.7 Å². The van der Waals surface area contributed by atoms with Crippen LogP contribution in [0, 0.1) is 11.8 Å². The van der Waals surface area contributed by atoms with Crippen molar-refractivity contribution in [3.63, 3.8) is 0 Å². The molecule has 5 nitrogen and oxygen atoms in total. The third-order valence-corrected chi connectivity index (χ3v) is 6.89. The van der Waals surface area contributed by atoms with Gasteiger partial charge in [0.1, 0.15) is 5.75 Å². The Balaban J connectivity index is 1.52. The van der Waals surface area contributed by atoms with Crippen molar-refractivity contribution in [2.75, 3.05) is 12.4 Å². The van der Waals surface area contributed by atoms with Gasteiger partial charge in [-0.05, 0) is 55.4 Å². The van der Waals surface area contributed by atoms with Crippen LogP contribution in [-0.2, 0) is 11.2 Å². The van der Waals surface area contributed by atoms with Crippen LogP contribution < -0.4 is 10.1 Å². The molecule has 5 heteroatoms. The van der Waals surface area contributed by atoms with Crippen LogP contribution >= 0.6 is 0 Å². The van der Waals surface area contributed by atoms with Gasteiger partial charge >= 0.3 is 0 Å². The van der Waals surface area contributed by atoms with Gasteiger partial charge in [0.15, 0.2) is 5.82 Å². The molecule has 1 aromatic carbocycles. The van der Waals surface area contributed by atoms with E-state index in [0.717, 1.165) is 29.1 Å². The number of ether oxygens (including phenoxy) is 1. The fraction of sp³-hybridized carbons (Fsp3) is 0.577. The van der Waals surface area contributed by atoms with E-state index < -0.39 is 0 Å². The number of anilines is 1. The highest BCUT2D eigenvalue weighted by atomic mass is 16.5. The molecule has 166 valence electrons. The van der Waals surface area contributed by atoms with E-state index >= 15 is 0 Å². The largest absolute Gasteiger partial charge is 0.497 e. The normalized spacial score (nSPS) is 18.0. The van der Waals surface area contributed by atoms with Gasteiger partial charge in [0.25, 0.3) is 0 Å². The molecule has 0 bridgehead atoms. The average Bonchev–Trinajstić information content (AvgIpc) is 2.81. The van der Waals surface area contributed by atoms with Gasteiger partial charge in [-0.25, -0.2) is 9.97 Å². The van der Waals surface area contributed by atoms with Crippen LogP contribution in [0.5, 0.6) is 5.75 Å². The van der Waals surface area contributed by atoms with Crippen molar-refractivity contribution in [3.05, 3.63) is 36.2 Å². The quantitative estimate of drug-likeness (QED) is 0.579. The lowest BCUT2D eigenvalue weighted by molar-refractivity contribution is -0.117. The molecule has 2 aliphatic carbocycles. The number of hydrogen-bond donors (Lipinski definition) is 1. The van der Waals surface area contributed by atoms with Gasteiger partial charge in [0.2, 0.25) is 5.91 Å². The number of hydrogen-bond acceptors (Lipinski definition) is 4. The minimum atomic E-state index is 0.0864. The molecule has 31 heavy (non-hydrogen) atoms. The first kappa shape index (κ1) is 21.8. The van der Waals surface area contributed by atoms with E-state index in [1.165, 1.54) is 64.2 Å². The van der Waals surface area contributed by atoms with Gasteiger partial charge in [-0.3, -0.25) is 4.79 Å². The molecule has 0 atom stereocenters. The van der Waals surface area contributed by atoms with Gasteiger partial charge in [-0.1, -0.05) is 51.4 Å². The fourth-order valence-electron chi connectivity index (χ4n) is 5.08. The summed E-state index contributed by atoms with van der Waals surface area (Å²) in [5.74, 6) is 2.71. The zero-order valence-electron chi connectivity index (χ0n) is 18.7.